The molecule has 0 radical (unpaired) electrons. The highest BCUT2D eigenvalue weighted by Gasteiger charge is 2.60. The van der Waals surface area contributed by atoms with Crippen molar-refractivity contribution in [1.82, 2.24) is 0 Å². The molecule has 3 unspecified atom stereocenters. The van der Waals surface area contributed by atoms with E-state index in [-0.39, 0.29) is 11.3 Å². The van der Waals surface area contributed by atoms with Crippen LogP contribution in [0.4, 0.5) is 17.1 Å². The third-order valence-corrected chi connectivity index (χ3v) is 13.8. The van der Waals surface area contributed by atoms with Crippen molar-refractivity contribution < 1.29 is 0 Å². The SMILES string of the molecule is C1=CCC2C(=C1)c1cccc3c1C2(c1ccccc1)c1ccccc1C3(c1ccccc1)c1cccc(N(c2ccc(-c3ccccc3)cc2)c2ccc3ccccc3c2)c1. The van der Waals surface area contributed by atoms with Gasteiger partial charge in [-0.1, -0.05) is 206 Å². The Balaban J connectivity index is 1.14. The van der Waals surface area contributed by atoms with Gasteiger partial charge in [0, 0.05) is 23.0 Å². The summed E-state index contributed by atoms with van der Waals surface area (Å²) in [5.74, 6) is 0.277. The molecule has 0 fully saturated rings. The first kappa shape index (κ1) is 35.5. The number of hydrogen-bond donors (Lipinski definition) is 0. The smallest absolute Gasteiger partial charge is 0.0708 e. The number of nitrogens with zero attached hydrogens (tertiary/aromatic N) is 1. The van der Waals surface area contributed by atoms with Crippen molar-refractivity contribution in [3.05, 3.63) is 287 Å². The first-order chi connectivity index (χ1) is 30.3. The van der Waals surface area contributed by atoms with Crippen molar-refractivity contribution in [2.75, 3.05) is 4.90 Å². The Bertz CT molecular complexity index is 3160. The molecule has 3 atom stereocenters. The number of rotatable bonds is 7. The number of anilines is 3. The molecule has 0 spiro atoms. The van der Waals surface area contributed by atoms with Gasteiger partial charge in [-0.2, -0.15) is 0 Å². The Hall–Kier alpha value is -7.48. The zero-order chi connectivity index (χ0) is 40.4. The fraction of sp³-hybridized carbons (Fsp3) is 0.0667. The van der Waals surface area contributed by atoms with Gasteiger partial charge in [0.25, 0.3) is 0 Å². The Labute approximate surface area is 358 Å². The highest BCUT2D eigenvalue weighted by molar-refractivity contribution is 5.91. The largest absolute Gasteiger partial charge is 0.310 e. The molecule has 0 saturated heterocycles. The van der Waals surface area contributed by atoms with Crippen LogP contribution in [0.5, 0.6) is 0 Å². The first-order valence-corrected chi connectivity index (χ1v) is 21.5. The van der Waals surface area contributed by atoms with E-state index in [1.165, 1.54) is 72.0 Å². The third kappa shape index (κ3) is 5.20. The van der Waals surface area contributed by atoms with E-state index in [4.69, 9.17) is 0 Å². The van der Waals surface area contributed by atoms with E-state index in [0.717, 1.165) is 23.5 Å². The van der Waals surface area contributed by atoms with Gasteiger partial charge in [-0.05, 0) is 115 Å². The zero-order valence-electron chi connectivity index (χ0n) is 33.8. The second-order valence-electron chi connectivity index (χ2n) is 16.7. The molecule has 1 nitrogen and oxygen atoms in total. The molecular formula is C60H43N. The van der Waals surface area contributed by atoms with Gasteiger partial charge in [0.15, 0.2) is 0 Å². The average molecular weight is 778 g/mol. The topological polar surface area (TPSA) is 3.24 Å². The quantitative estimate of drug-likeness (QED) is 0.156. The molecule has 9 aromatic carbocycles. The molecule has 0 N–H and O–H groups in total. The van der Waals surface area contributed by atoms with Gasteiger partial charge >= 0.3 is 0 Å². The molecule has 0 bridgehead atoms. The summed E-state index contributed by atoms with van der Waals surface area (Å²) in [5, 5.41) is 2.44. The maximum atomic E-state index is 2.47. The number of hydrogen-bond acceptors (Lipinski definition) is 1. The molecule has 3 aliphatic rings. The van der Waals surface area contributed by atoms with Crippen LogP contribution in [0.2, 0.25) is 0 Å². The van der Waals surface area contributed by atoms with E-state index in [1.54, 1.807) is 0 Å². The fourth-order valence-corrected chi connectivity index (χ4v) is 11.4. The molecule has 288 valence electrons. The molecule has 3 aliphatic carbocycles. The Morgan fingerprint density at radius 2 is 1.00 bits per heavy atom. The lowest BCUT2D eigenvalue weighted by molar-refractivity contribution is 0.454. The number of allylic oxidation sites excluding steroid dienone is 4. The standard InChI is InChI=1S/C60H43N/c1-4-18-42(19-5-1)44-34-37-49(38-35-44)61(51-39-36-43-20-10-11-21-45(43)40-51)50-27-16-26-48(41-50)59(46-22-6-2-7-23-46)55-31-14-15-32-56(55)60(47-24-8-3-9-25-47)54-30-13-12-28-52(54)53-29-17-33-57(59)58(53)60/h1-29,31-41,54H,30H2. The van der Waals surface area contributed by atoms with Gasteiger partial charge < -0.3 is 4.90 Å². The van der Waals surface area contributed by atoms with E-state index in [1.807, 2.05) is 0 Å². The minimum atomic E-state index is -0.620. The Morgan fingerprint density at radius 3 is 1.79 bits per heavy atom. The van der Waals surface area contributed by atoms with E-state index in [9.17, 15) is 0 Å². The van der Waals surface area contributed by atoms with Gasteiger partial charge in [0.1, 0.15) is 0 Å². The van der Waals surface area contributed by atoms with Gasteiger partial charge in [-0.15, -0.1) is 0 Å². The van der Waals surface area contributed by atoms with Crippen LogP contribution in [0.3, 0.4) is 0 Å². The summed E-state index contributed by atoms with van der Waals surface area (Å²) in [4.78, 5) is 2.44. The van der Waals surface area contributed by atoms with Gasteiger partial charge in [0.05, 0.1) is 10.8 Å². The minimum absolute atomic E-state index is 0.277. The van der Waals surface area contributed by atoms with E-state index >= 15 is 0 Å². The zero-order valence-corrected chi connectivity index (χ0v) is 33.8. The van der Waals surface area contributed by atoms with Gasteiger partial charge in [-0.3, -0.25) is 0 Å². The molecule has 0 amide bonds. The Morgan fingerprint density at radius 1 is 0.410 bits per heavy atom. The molecule has 12 rings (SSSR count). The van der Waals surface area contributed by atoms with Crippen LogP contribution in [-0.2, 0) is 10.8 Å². The Kier molecular flexibility index (Phi) is 8.18. The molecular weight excluding hydrogens is 735 g/mol. The van der Waals surface area contributed by atoms with Crippen LogP contribution in [0.25, 0.3) is 27.5 Å². The lowest BCUT2D eigenvalue weighted by Gasteiger charge is -2.51. The molecule has 0 heterocycles. The lowest BCUT2D eigenvalue weighted by atomic mass is 9.50. The van der Waals surface area contributed by atoms with E-state index in [0.29, 0.717) is 0 Å². The van der Waals surface area contributed by atoms with Crippen LogP contribution in [0.15, 0.2) is 243 Å². The minimum Gasteiger partial charge on any atom is -0.310 e. The summed E-state index contributed by atoms with van der Waals surface area (Å²) in [7, 11) is 0. The van der Waals surface area contributed by atoms with Gasteiger partial charge in [-0.25, -0.2) is 0 Å². The van der Waals surface area contributed by atoms with Crippen LogP contribution in [0.1, 0.15) is 50.9 Å². The van der Waals surface area contributed by atoms with Crippen molar-refractivity contribution in [2.45, 2.75) is 17.3 Å². The van der Waals surface area contributed by atoms with Crippen LogP contribution in [0, 0.1) is 5.92 Å². The van der Waals surface area contributed by atoms with Crippen molar-refractivity contribution in [3.8, 4) is 11.1 Å². The summed E-state index contributed by atoms with van der Waals surface area (Å²) in [5.41, 5.74) is 17.0. The lowest BCUT2D eigenvalue weighted by Crippen LogP contribution is -2.46. The highest BCUT2D eigenvalue weighted by Crippen LogP contribution is 2.67. The predicted molar refractivity (Wildman–Crippen MR) is 254 cm³/mol. The van der Waals surface area contributed by atoms with Crippen molar-refractivity contribution in [3.63, 3.8) is 0 Å². The summed E-state index contributed by atoms with van der Waals surface area (Å²) < 4.78 is 0. The summed E-state index contributed by atoms with van der Waals surface area (Å²) in [6.45, 7) is 0. The van der Waals surface area contributed by atoms with Crippen molar-refractivity contribution in [2.24, 2.45) is 5.92 Å². The molecule has 1 heteroatoms. The average Bonchev–Trinajstić information content (AvgIpc) is 3.65. The molecule has 61 heavy (non-hydrogen) atoms. The molecule has 0 aliphatic heterocycles. The molecule has 0 saturated carbocycles. The third-order valence-electron chi connectivity index (χ3n) is 13.8. The van der Waals surface area contributed by atoms with Crippen molar-refractivity contribution in [1.29, 1.82) is 0 Å². The maximum Gasteiger partial charge on any atom is 0.0708 e. The first-order valence-electron chi connectivity index (χ1n) is 21.5. The predicted octanol–water partition coefficient (Wildman–Crippen LogP) is 15.0. The normalized spacial score (nSPS) is 19.4. The highest BCUT2D eigenvalue weighted by atomic mass is 15.1. The maximum absolute atomic E-state index is 2.47. The monoisotopic (exact) mass is 777 g/mol. The van der Waals surface area contributed by atoms with Gasteiger partial charge in [0.2, 0.25) is 0 Å². The molecule has 0 aromatic heterocycles. The second kappa shape index (κ2) is 14.1. The van der Waals surface area contributed by atoms with Crippen molar-refractivity contribution >= 4 is 33.4 Å². The fourth-order valence-electron chi connectivity index (χ4n) is 11.4. The summed E-state index contributed by atoms with van der Waals surface area (Å²) >= 11 is 0. The van der Waals surface area contributed by atoms with E-state index in [2.05, 4.69) is 248 Å². The summed E-state index contributed by atoms with van der Waals surface area (Å²) in [6, 6.07) is 83.8. The number of benzene rings is 9. The van der Waals surface area contributed by atoms with E-state index < -0.39 is 5.41 Å². The van der Waals surface area contributed by atoms with Crippen LogP contribution in [-0.4, -0.2) is 0 Å². The molecule has 9 aromatic rings. The number of fused-ring (bicyclic) bond motifs is 6. The van der Waals surface area contributed by atoms with Crippen LogP contribution >= 0.6 is 0 Å². The second-order valence-corrected chi connectivity index (χ2v) is 16.7. The summed E-state index contributed by atoms with van der Waals surface area (Å²) in [6.07, 6.45) is 8.03. The van der Waals surface area contributed by atoms with Crippen LogP contribution < -0.4 is 4.90 Å².